The zero-order valence-corrected chi connectivity index (χ0v) is 10.5. The summed E-state index contributed by atoms with van der Waals surface area (Å²) < 4.78 is 11.4. The predicted molar refractivity (Wildman–Crippen MR) is 68.5 cm³/mol. The molecule has 0 saturated carbocycles. The number of carbonyl (C=O) groups is 1. The van der Waals surface area contributed by atoms with E-state index in [1.54, 1.807) is 6.92 Å². The number of ketones is 1. The maximum absolute atomic E-state index is 11.9. The number of nitrogen functional groups attached to an aromatic ring is 1. The van der Waals surface area contributed by atoms with Crippen molar-refractivity contribution in [1.29, 1.82) is 0 Å². The Kier molecular flexibility index (Phi) is 2.65. The molecule has 2 N–H and O–H groups in total. The molecule has 2 aliphatic heterocycles. The molecular formula is C14H17NO3. The molecule has 18 heavy (non-hydrogen) atoms. The lowest BCUT2D eigenvalue weighted by Crippen LogP contribution is -2.20. The summed E-state index contributed by atoms with van der Waals surface area (Å²) in [4.78, 5) is 11.9. The summed E-state index contributed by atoms with van der Waals surface area (Å²) in [6.07, 6.45) is 3.56. The van der Waals surface area contributed by atoms with Gasteiger partial charge in [-0.15, -0.1) is 0 Å². The van der Waals surface area contributed by atoms with Gasteiger partial charge in [0.05, 0.1) is 24.5 Å². The van der Waals surface area contributed by atoms with E-state index < -0.39 is 0 Å². The van der Waals surface area contributed by atoms with E-state index >= 15 is 0 Å². The van der Waals surface area contributed by atoms with E-state index in [1.807, 2.05) is 0 Å². The van der Waals surface area contributed by atoms with Crippen LogP contribution in [0.3, 0.4) is 0 Å². The van der Waals surface area contributed by atoms with E-state index in [2.05, 4.69) is 0 Å². The molecule has 0 atom stereocenters. The van der Waals surface area contributed by atoms with E-state index in [0.29, 0.717) is 30.2 Å². The molecule has 0 spiro atoms. The van der Waals surface area contributed by atoms with Crippen LogP contribution in [0, 0.1) is 0 Å². The lowest BCUT2D eigenvalue weighted by Gasteiger charge is -2.28. The standard InChI is InChI=1S/C14H17NO3/c1-8(16)11-9-4-2-7-18-14(9)12(15)10-5-3-6-17-13(10)11/h2-7,15H2,1H3. The summed E-state index contributed by atoms with van der Waals surface area (Å²) in [7, 11) is 0. The Bertz CT molecular complexity index is 485. The van der Waals surface area contributed by atoms with Gasteiger partial charge in [-0.25, -0.2) is 0 Å². The van der Waals surface area contributed by atoms with Gasteiger partial charge >= 0.3 is 0 Å². The minimum Gasteiger partial charge on any atom is -0.492 e. The minimum atomic E-state index is 0.0369. The number of nitrogens with two attached hydrogens (primary N) is 1. The molecular weight excluding hydrogens is 230 g/mol. The number of Topliss-reactive ketones (excluding diaryl/α,β-unsaturated/α-hetero) is 1. The Morgan fingerprint density at radius 3 is 2.33 bits per heavy atom. The van der Waals surface area contributed by atoms with Crippen LogP contribution in [-0.4, -0.2) is 19.0 Å². The minimum absolute atomic E-state index is 0.0369. The van der Waals surface area contributed by atoms with Crippen LogP contribution in [0.15, 0.2) is 0 Å². The Labute approximate surface area is 106 Å². The fourth-order valence-electron chi connectivity index (χ4n) is 2.85. The Morgan fingerprint density at radius 2 is 1.67 bits per heavy atom. The quantitative estimate of drug-likeness (QED) is 0.610. The predicted octanol–water partition coefficient (Wildman–Crippen LogP) is 2.12. The molecule has 0 fully saturated rings. The van der Waals surface area contributed by atoms with Crippen LogP contribution in [0.4, 0.5) is 5.69 Å². The molecule has 0 bridgehead atoms. The monoisotopic (exact) mass is 247 g/mol. The molecule has 1 aromatic rings. The third kappa shape index (κ3) is 1.55. The smallest absolute Gasteiger partial charge is 0.163 e. The van der Waals surface area contributed by atoms with Gasteiger partial charge in [-0.2, -0.15) is 0 Å². The first kappa shape index (κ1) is 11.4. The summed E-state index contributed by atoms with van der Waals surface area (Å²) in [5, 5.41) is 0. The highest BCUT2D eigenvalue weighted by atomic mass is 16.5. The summed E-state index contributed by atoms with van der Waals surface area (Å²) >= 11 is 0. The molecule has 0 radical (unpaired) electrons. The van der Waals surface area contributed by atoms with Gasteiger partial charge in [0.2, 0.25) is 0 Å². The fraction of sp³-hybridized carbons (Fsp3) is 0.500. The molecule has 0 aliphatic carbocycles. The van der Waals surface area contributed by atoms with E-state index in [9.17, 15) is 4.79 Å². The zero-order valence-electron chi connectivity index (χ0n) is 10.5. The SMILES string of the molecule is CC(=O)c1c2c(c(N)c3c1OCCC3)OCCC2. The third-order valence-corrected chi connectivity index (χ3v) is 3.63. The highest BCUT2D eigenvalue weighted by molar-refractivity contribution is 6.01. The molecule has 4 nitrogen and oxygen atoms in total. The van der Waals surface area contributed by atoms with Crippen molar-refractivity contribution in [3.05, 3.63) is 16.7 Å². The summed E-state index contributed by atoms with van der Waals surface area (Å²) in [5.74, 6) is 1.46. The first-order chi connectivity index (χ1) is 8.70. The Hall–Kier alpha value is -1.71. The second kappa shape index (κ2) is 4.19. The highest BCUT2D eigenvalue weighted by Crippen LogP contribution is 2.45. The second-order valence-electron chi connectivity index (χ2n) is 4.86. The molecule has 1 aromatic carbocycles. The van der Waals surface area contributed by atoms with Crippen molar-refractivity contribution < 1.29 is 14.3 Å². The van der Waals surface area contributed by atoms with Crippen molar-refractivity contribution in [3.63, 3.8) is 0 Å². The van der Waals surface area contributed by atoms with Crippen LogP contribution in [0.2, 0.25) is 0 Å². The number of fused-ring (bicyclic) bond motifs is 2. The van der Waals surface area contributed by atoms with Crippen LogP contribution < -0.4 is 15.2 Å². The van der Waals surface area contributed by atoms with E-state index in [1.165, 1.54) is 0 Å². The van der Waals surface area contributed by atoms with Gasteiger partial charge < -0.3 is 15.2 Å². The average molecular weight is 247 g/mol. The van der Waals surface area contributed by atoms with Gasteiger partial charge in [-0.1, -0.05) is 0 Å². The topological polar surface area (TPSA) is 61.6 Å². The van der Waals surface area contributed by atoms with Gasteiger partial charge in [0.15, 0.2) is 5.78 Å². The number of carbonyl (C=O) groups excluding carboxylic acids is 1. The van der Waals surface area contributed by atoms with Crippen molar-refractivity contribution in [3.8, 4) is 11.5 Å². The van der Waals surface area contributed by atoms with E-state index in [4.69, 9.17) is 15.2 Å². The van der Waals surface area contributed by atoms with Gasteiger partial charge in [-0.05, 0) is 32.6 Å². The maximum Gasteiger partial charge on any atom is 0.163 e. The second-order valence-corrected chi connectivity index (χ2v) is 4.86. The molecule has 0 unspecified atom stereocenters. The summed E-state index contributed by atoms with van der Waals surface area (Å²) in [6, 6.07) is 0. The lowest BCUT2D eigenvalue weighted by molar-refractivity contribution is 0.101. The number of benzene rings is 1. The average Bonchev–Trinajstić information content (AvgIpc) is 2.39. The first-order valence-electron chi connectivity index (χ1n) is 6.44. The zero-order chi connectivity index (χ0) is 12.7. The highest BCUT2D eigenvalue weighted by Gasteiger charge is 2.29. The van der Waals surface area contributed by atoms with Gasteiger partial charge in [0, 0.05) is 11.1 Å². The number of hydrogen-bond donors (Lipinski definition) is 1. The van der Waals surface area contributed by atoms with Crippen molar-refractivity contribution in [1.82, 2.24) is 0 Å². The lowest BCUT2D eigenvalue weighted by atomic mass is 9.90. The summed E-state index contributed by atoms with van der Waals surface area (Å²) in [6.45, 7) is 2.92. The molecule has 0 amide bonds. The van der Waals surface area contributed by atoms with Crippen LogP contribution >= 0.6 is 0 Å². The van der Waals surface area contributed by atoms with E-state index in [-0.39, 0.29) is 5.78 Å². The van der Waals surface area contributed by atoms with Gasteiger partial charge in [-0.3, -0.25) is 4.79 Å². The molecule has 4 heteroatoms. The van der Waals surface area contributed by atoms with Crippen LogP contribution in [-0.2, 0) is 12.8 Å². The first-order valence-corrected chi connectivity index (χ1v) is 6.44. The third-order valence-electron chi connectivity index (χ3n) is 3.63. The maximum atomic E-state index is 11.9. The molecule has 2 heterocycles. The molecule has 3 rings (SSSR count). The normalized spacial score (nSPS) is 17.2. The van der Waals surface area contributed by atoms with Crippen molar-refractivity contribution >= 4 is 11.5 Å². The van der Waals surface area contributed by atoms with Crippen molar-refractivity contribution in [2.45, 2.75) is 32.6 Å². The molecule has 0 saturated heterocycles. The fourth-order valence-corrected chi connectivity index (χ4v) is 2.85. The Balaban J connectivity index is 2.31. The van der Waals surface area contributed by atoms with Crippen molar-refractivity contribution in [2.75, 3.05) is 18.9 Å². The summed E-state index contributed by atoms with van der Waals surface area (Å²) in [5.41, 5.74) is 9.42. The molecule has 2 aliphatic rings. The van der Waals surface area contributed by atoms with Crippen molar-refractivity contribution in [2.24, 2.45) is 0 Å². The number of ether oxygens (including phenoxy) is 2. The van der Waals surface area contributed by atoms with Crippen LogP contribution in [0.5, 0.6) is 11.5 Å². The van der Waals surface area contributed by atoms with Gasteiger partial charge in [0.25, 0.3) is 0 Å². The number of rotatable bonds is 1. The molecule has 0 aromatic heterocycles. The van der Waals surface area contributed by atoms with E-state index in [0.717, 1.165) is 42.6 Å². The number of anilines is 1. The van der Waals surface area contributed by atoms with Crippen LogP contribution in [0.25, 0.3) is 0 Å². The number of hydrogen-bond acceptors (Lipinski definition) is 4. The molecule has 96 valence electrons. The van der Waals surface area contributed by atoms with Crippen LogP contribution in [0.1, 0.15) is 41.3 Å². The van der Waals surface area contributed by atoms with Gasteiger partial charge in [0.1, 0.15) is 11.5 Å². The Morgan fingerprint density at radius 1 is 1.06 bits per heavy atom. The largest absolute Gasteiger partial charge is 0.492 e.